The van der Waals surface area contributed by atoms with Gasteiger partial charge in [-0.05, 0) is 37.3 Å². The van der Waals surface area contributed by atoms with E-state index in [2.05, 4.69) is 23.1 Å². The molecule has 0 bridgehead atoms. The van der Waals surface area contributed by atoms with E-state index in [9.17, 15) is 9.59 Å². The molecule has 0 N–H and O–H groups in total. The van der Waals surface area contributed by atoms with Gasteiger partial charge in [-0.1, -0.05) is 36.4 Å². The fourth-order valence-corrected chi connectivity index (χ4v) is 5.21. The lowest BCUT2D eigenvalue weighted by Crippen LogP contribution is -2.42. The fourth-order valence-electron chi connectivity index (χ4n) is 5.21. The third-order valence-electron chi connectivity index (χ3n) is 6.65. The van der Waals surface area contributed by atoms with Gasteiger partial charge in [-0.25, -0.2) is 0 Å². The minimum Gasteiger partial charge on any atom is -0.341 e. The first-order chi connectivity index (χ1) is 13.7. The highest BCUT2D eigenvalue weighted by atomic mass is 16.2. The van der Waals surface area contributed by atoms with Gasteiger partial charge in [0.05, 0.1) is 11.6 Å². The Labute approximate surface area is 165 Å². The average molecular weight is 377 g/mol. The number of amides is 2. The SMILES string of the molecule is O=C(C1CC(=O)N(c2cccc3ccccc23)C1)N1CCCN2CCCC2C1. The molecule has 2 atom stereocenters. The molecule has 5 rings (SSSR count). The van der Waals surface area contributed by atoms with Crippen molar-refractivity contribution < 1.29 is 9.59 Å². The molecule has 3 aliphatic heterocycles. The highest BCUT2D eigenvalue weighted by molar-refractivity contribution is 6.07. The summed E-state index contributed by atoms with van der Waals surface area (Å²) in [6.45, 7) is 4.42. The van der Waals surface area contributed by atoms with Crippen LogP contribution < -0.4 is 4.90 Å². The molecule has 2 unspecified atom stereocenters. The van der Waals surface area contributed by atoms with Gasteiger partial charge in [0, 0.05) is 44.0 Å². The highest BCUT2D eigenvalue weighted by Gasteiger charge is 2.39. The van der Waals surface area contributed by atoms with Gasteiger partial charge in [-0.15, -0.1) is 0 Å². The quantitative estimate of drug-likeness (QED) is 0.808. The summed E-state index contributed by atoms with van der Waals surface area (Å²) in [5.74, 6) is 0.0104. The number of hydrogen-bond acceptors (Lipinski definition) is 3. The molecule has 0 radical (unpaired) electrons. The second-order valence-electron chi connectivity index (χ2n) is 8.37. The third-order valence-corrected chi connectivity index (χ3v) is 6.65. The minimum atomic E-state index is -0.223. The highest BCUT2D eigenvalue weighted by Crippen LogP contribution is 2.33. The molecule has 2 amide bonds. The molecule has 0 aromatic heterocycles. The maximum atomic E-state index is 13.3. The third kappa shape index (κ3) is 3.08. The largest absolute Gasteiger partial charge is 0.341 e. The Bertz CT molecular complexity index is 906. The molecule has 0 spiro atoms. The lowest BCUT2D eigenvalue weighted by Gasteiger charge is -2.27. The van der Waals surface area contributed by atoms with Crippen LogP contribution in [0.25, 0.3) is 10.8 Å². The molecule has 3 aliphatic rings. The Balaban J connectivity index is 1.35. The van der Waals surface area contributed by atoms with E-state index in [1.807, 2.05) is 34.1 Å². The van der Waals surface area contributed by atoms with E-state index in [4.69, 9.17) is 0 Å². The first kappa shape index (κ1) is 17.7. The Morgan fingerprint density at radius 2 is 1.75 bits per heavy atom. The molecule has 0 aliphatic carbocycles. The van der Waals surface area contributed by atoms with Crippen molar-refractivity contribution in [3.63, 3.8) is 0 Å². The van der Waals surface area contributed by atoms with Crippen LogP contribution in [0.5, 0.6) is 0 Å². The van der Waals surface area contributed by atoms with Crippen LogP contribution in [0.4, 0.5) is 5.69 Å². The summed E-state index contributed by atoms with van der Waals surface area (Å²) >= 11 is 0. The number of anilines is 1. The zero-order valence-electron chi connectivity index (χ0n) is 16.2. The Morgan fingerprint density at radius 1 is 0.929 bits per heavy atom. The topological polar surface area (TPSA) is 43.9 Å². The minimum absolute atomic E-state index is 0.0621. The molecule has 0 saturated carbocycles. The molecular formula is C23H27N3O2. The summed E-state index contributed by atoms with van der Waals surface area (Å²) in [4.78, 5) is 32.5. The monoisotopic (exact) mass is 377 g/mol. The number of carbonyl (C=O) groups is 2. The normalized spacial score (nSPS) is 25.9. The first-order valence-corrected chi connectivity index (χ1v) is 10.5. The smallest absolute Gasteiger partial charge is 0.228 e. The van der Waals surface area contributed by atoms with Gasteiger partial charge < -0.3 is 9.80 Å². The Kier molecular flexibility index (Phi) is 4.55. The van der Waals surface area contributed by atoms with Gasteiger partial charge in [0.1, 0.15) is 0 Å². The Morgan fingerprint density at radius 3 is 2.68 bits per heavy atom. The van der Waals surface area contributed by atoms with E-state index in [1.165, 1.54) is 19.4 Å². The number of rotatable bonds is 2. The van der Waals surface area contributed by atoms with Gasteiger partial charge in [0.15, 0.2) is 0 Å². The van der Waals surface area contributed by atoms with Crippen LogP contribution in [0, 0.1) is 5.92 Å². The van der Waals surface area contributed by atoms with Crippen LogP contribution in [0.2, 0.25) is 0 Å². The van der Waals surface area contributed by atoms with E-state index in [1.54, 1.807) is 0 Å². The summed E-state index contributed by atoms with van der Waals surface area (Å²) in [5.41, 5.74) is 0.927. The number of fused-ring (bicyclic) bond motifs is 2. The predicted molar refractivity (Wildman–Crippen MR) is 110 cm³/mol. The molecule has 28 heavy (non-hydrogen) atoms. The van der Waals surface area contributed by atoms with Crippen LogP contribution >= 0.6 is 0 Å². The fraction of sp³-hybridized carbons (Fsp3) is 0.478. The van der Waals surface area contributed by atoms with Gasteiger partial charge >= 0.3 is 0 Å². The molecule has 2 aromatic carbocycles. The van der Waals surface area contributed by atoms with Crippen molar-refractivity contribution in [2.45, 2.75) is 31.7 Å². The summed E-state index contributed by atoms with van der Waals surface area (Å²) in [5, 5.41) is 2.19. The molecule has 3 heterocycles. The molecule has 5 nitrogen and oxygen atoms in total. The molecular weight excluding hydrogens is 350 g/mol. The van der Waals surface area contributed by atoms with Gasteiger partial charge in [0.25, 0.3) is 0 Å². The van der Waals surface area contributed by atoms with E-state index in [0.717, 1.165) is 42.5 Å². The molecule has 2 aromatic rings. The van der Waals surface area contributed by atoms with E-state index < -0.39 is 0 Å². The van der Waals surface area contributed by atoms with Crippen molar-refractivity contribution in [3.05, 3.63) is 42.5 Å². The average Bonchev–Trinajstić information content (AvgIpc) is 3.27. The molecule has 3 saturated heterocycles. The van der Waals surface area contributed by atoms with Crippen molar-refractivity contribution in [1.82, 2.24) is 9.80 Å². The Hall–Kier alpha value is -2.40. The van der Waals surface area contributed by atoms with Gasteiger partial charge in [-0.3, -0.25) is 14.5 Å². The van der Waals surface area contributed by atoms with Crippen molar-refractivity contribution in [1.29, 1.82) is 0 Å². The maximum Gasteiger partial charge on any atom is 0.228 e. The molecule has 146 valence electrons. The summed E-state index contributed by atoms with van der Waals surface area (Å²) in [6, 6.07) is 14.7. The van der Waals surface area contributed by atoms with E-state index in [-0.39, 0.29) is 17.7 Å². The molecule has 5 heteroatoms. The van der Waals surface area contributed by atoms with Crippen LogP contribution in [0.1, 0.15) is 25.7 Å². The van der Waals surface area contributed by atoms with Crippen LogP contribution in [0.15, 0.2) is 42.5 Å². The lowest BCUT2D eigenvalue weighted by atomic mass is 10.1. The number of carbonyl (C=O) groups excluding carboxylic acids is 2. The van der Waals surface area contributed by atoms with E-state index >= 15 is 0 Å². The second-order valence-corrected chi connectivity index (χ2v) is 8.37. The van der Waals surface area contributed by atoms with Gasteiger partial charge in [0.2, 0.25) is 11.8 Å². The lowest BCUT2D eigenvalue weighted by molar-refractivity contribution is -0.136. The standard InChI is InChI=1S/C23H27N3O2/c27-22-14-18(23(28)25-13-5-12-24-11-4-8-19(24)16-25)15-26(22)21-10-3-7-17-6-1-2-9-20(17)21/h1-3,6-7,9-10,18-19H,4-5,8,11-16H2. The van der Waals surface area contributed by atoms with Crippen molar-refractivity contribution >= 4 is 28.3 Å². The maximum absolute atomic E-state index is 13.3. The predicted octanol–water partition coefficient (Wildman–Crippen LogP) is 2.89. The van der Waals surface area contributed by atoms with Crippen LogP contribution in [0.3, 0.4) is 0 Å². The zero-order chi connectivity index (χ0) is 19.1. The first-order valence-electron chi connectivity index (χ1n) is 10.5. The summed E-state index contributed by atoms with van der Waals surface area (Å²) in [6.07, 6.45) is 3.79. The molecule has 3 fully saturated rings. The van der Waals surface area contributed by atoms with E-state index in [0.29, 0.717) is 19.0 Å². The van der Waals surface area contributed by atoms with Crippen LogP contribution in [-0.4, -0.2) is 60.4 Å². The van der Waals surface area contributed by atoms with Crippen molar-refractivity contribution in [2.24, 2.45) is 5.92 Å². The number of nitrogens with zero attached hydrogens (tertiary/aromatic N) is 3. The van der Waals surface area contributed by atoms with Crippen molar-refractivity contribution in [2.75, 3.05) is 37.6 Å². The van der Waals surface area contributed by atoms with Crippen LogP contribution in [-0.2, 0) is 9.59 Å². The van der Waals surface area contributed by atoms with Gasteiger partial charge in [-0.2, -0.15) is 0 Å². The zero-order valence-corrected chi connectivity index (χ0v) is 16.2. The number of benzene rings is 2. The number of hydrogen-bond donors (Lipinski definition) is 0. The summed E-state index contributed by atoms with van der Waals surface area (Å²) < 4.78 is 0. The summed E-state index contributed by atoms with van der Waals surface area (Å²) in [7, 11) is 0. The second kappa shape index (κ2) is 7.21. The van der Waals surface area contributed by atoms with Crippen molar-refractivity contribution in [3.8, 4) is 0 Å².